The van der Waals surface area contributed by atoms with Crippen molar-refractivity contribution in [1.82, 2.24) is 0 Å². The molecule has 6 N–H and O–H groups in total. The number of benzene rings is 2. The van der Waals surface area contributed by atoms with Crippen LogP contribution in [0.1, 0.15) is 28.8 Å². The summed E-state index contributed by atoms with van der Waals surface area (Å²) in [6, 6.07) is 7.08. The van der Waals surface area contributed by atoms with Crippen LogP contribution >= 0.6 is 0 Å². The van der Waals surface area contributed by atoms with Crippen LogP contribution in [-0.2, 0) is 11.3 Å². The van der Waals surface area contributed by atoms with E-state index in [0.29, 0.717) is 11.3 Å². The fourth-order valence-electron chi connectivity index (χ4n) is 1.85. The van der Waals surface area contributed by atoms with E-state index in [1.54, 1.807) is 0 Å². The van der Waals surface area contributed by atoms with Gasteiger partial charge in [-0.1, -0.05) is 12.5 Å². The predicted octanol–water partition coefficient (Wildman–Crippen LogP) is -1.22. The molecule has 1 aliphatic rings. The number of nitrogen functional groups attached to an aromatic ring is 2. The van der Waals surface area contributed by atoms with Gasteiger partial charge < -0.3 is 26.4 Å². The Morgan fingerprint density at radius 3 is 2.04 bits per heavy atom. The minimum atomic E-state index is -1.15. The number of ether oxygens (including phenoxy) is 1. The fraction of sp³-hybridized carbons (Fsp3) is 0.222. The van der Waals surface area contributed by atoms with Gasteiger partial charge in [0.05, 0.1) is 12.2 Å². The van der Waals surface area contributed by atoms with Gasteiger partial charge >= 0.3 is 24.8 Å². The van der Waals surface area contributed by atoms with Gasteiger partial charge in [-0.25, -0.2) is 20.2 Å². The van der Waals surface area contributed by atoms with Gasteiger partial charge in [-0.15, -0.1) is 0 Å². The van der Waals surface area contributed by atoms with Gasteiger partial charge in [-0.2, -0.15) is 6.42 Å². The van der Waals surface area contributed by atoms with E-state index in [0.717, 1.165) is 31.2 Å². The number of halogens is 2. The van der Waals surface area contributed by atoms with Crippen LogP contribution in [0.5, 0.6) is 0 Å². The largest absolute Gasteiger partial charge is 1.00 e. The van der Waals surface area contributed by atoms with Crippen molar-refractivity contribution in [3.63, 3.8) is 0 Å². The smallest absolute Gasteiger partial charge is 0.552 e. The standard InChI is InChI=1S/C7H6FNO2.C7H8FNO.C4H7O.Al.Li.3H/c8-4-1-2-5(7(10)11)6(9)3-4;8-6-2-1-5(4-10)7(9)3-6;1-2-4-5-3-1;;;;;/h1-3H,9H2,(H,10,11);1-3,10H,4,9H2;3H,1-2,4H2;;;;;/q;;-1;;+1;;;. The maximum atomic E-state index is 12.3. The van der Waals surface area contributed by atoms with E-state index in [4.69, 9.17) is 26.4 Å². The first-order valence-electron chi connectivity index (χ1n) is 7.71. The number of carboxylic acid groups (broad SMARTS) is 1. The molecule has 0 saturated carbocycles. The summed E-state index contributed by atoms with van der Waals surface area (Å²) in [6.45, 7) is 2.66. The first kappa shape index (κ1) is 28.6. The van der Waals surface area contributed by atoms with Crippen molar-refractivity contribution in [2.45, 2.75) is 19.4 Å². The first-order chi connectivity index (χ1) is 12.3. The average Bonchev–Trinajstić information content (AvgIpc) is 3.15. The molecule has 2 aromatic rings. The van der Waals surface area contributed by atoms with E-state index in [2.05, 4.69) is 0 Å². The number of carbonyl (C=O) groups is 1. The monoisotopic (exact) mass is 404 g/mol. The van der Waals surface area contributed by atoms with E-state index in [1.807, 2.05) is 6.61 Å². The molecule has 0 radical (unpaired) electrons. The molecule has 0 aromatic heterocycles. The molecule has 0 bridgehead atoms. The molecule has 0 spiro atoms. The van der Waals surface area contributed by atoms with Crippen LogP contribution in [0.3, 0.4) is 0 Å². The summed E-state index contributed by atoms with van der Waals surface area (Å²) in [5.74, 6) is -2.07. The fourth-order valence-corrected chi connectivity index (χ4v) is 1.85. The summed E-state index contributed by atoms with van der Waals surface area (Å²) in [6.07, 6.45) is 2.38. The first-order valence-corrected chi connectivity index (χ1v) is 7.71. The van der Waals surface area contributed by atoms with Crippen LogP contribution in [0.2, 0.25) is 0 Å². The topological polar surface area (TPSA) is 119 Å². The molecule has 0 amide bonds. The third-order valence-electron chi connectivity index (χ3n) is 3.22. The zero-order chi connectivity index (χ0) is 19.5. The number of aliphatic hydroxyl groups is 1. The molecule has 1 aliphatic heterocycles. The molecule has 0 unspecified atom stereocenters. The summed E-state index contributed by atoms with van der Waals surface area (Å²) in [5.41, 5.74) is 11.2. The number of hydrogen-bond donors (Lipinski definition) is 4. The van der Waals surface area contributed by atoms with Gasteiger partial charge in [-0.05, 0) is 30.3 Å². The molecule has 28 heavy (non-hydrogen) atoms. The third kappa shape index (κ3) is 10.7. The van der Waals surface area contributed by atoms with Crippen LogP contribution in [-0.4, -0.2) is 40.2 Å². The van der Waals surface area contributed by atoms with Gasteiger partial charge in [-0.3, -0.25) is 0 Å². The van der Waals surface area contributed by atoms with Gasteiger partial charge in [0.25, 0.3) is 0 Å². The molecule has 148 valence electrons. The van der Waals surface area contributed by atoms with Gasteiger partial charge in [0, 0.05) is 23.5 Å². The maximum absolute atomic E-state index is 12.3. The van der Waals surface area contributed by atoms with E-state index in [-0.39, 0.29) is 59.9 Å². The summed E-state index contributed by atoms with van der Waals surface area (Å²) in [5, 5.41) is 17.1. The summed E-state index contributed by atoms with van der Waals surface area (Å²) in [7, 11) is 0. The average molecular weight is 404 g/mol. The summed E-state index contributed by atoms with van der Waals surface area (Å²) < 4.78 is 29.5. The van der Waals surface area contributed by atoms with Crippen LogP contribution in [0.15, 0.2) is 36.4 Å². The zero-order valence-corrected chi connectivity index (χ0v) is 15.0. The molecule has 0 atom stereocenters. The Kier molecular flexibility index (Phi) is 15.7. The van der Waals surface area contributed by atoms with Crippen LogP contribution < -0.4 is 30.3 Å². The molecular weight excluding hydrogens is 380 g/mol. The molecule has 1 fully saturated rings. The van der Waals surface area contributed by atoms with Crippen molar-refractivity contribution in [1.29, 1.82) is 0 Å². The predicted molar refractivity (Wildman–Crippen MR) is 104 cm³/mol. The molecular formula is C18H24AlF2LiN2O4. The Morgan fingerprint density at radius 2 is 1.68 bits per heavy atom. The van der Waals surface area contributed by atoms with Gasteiger partial charge in [0.2, 0.25) is 0 Å². The Bertz CT molecular complexity index is 727. The maximum Gasteiger partial charge on any atom is 1.00 e. The van der Waals surface area contributed by atoms with E-state index < -0.39 is 11.8 Å². The summed E-state index contributed by atoms with van der Waals surface area (Å²) >= 11 is 0. The number of aromatic carboxylic acids is 1. The van der Waals surface area contributed by atoms with Crippen molar-refractivity contribution in [3.05, 3.63) is 65.8 Å². The Hall–Kier alpha value is -1.58. The second-order valence-corrected chi connectivity index (χ2v) is 5.22. The van der Waals surface area contributed by atoms with Crippen molar-refractivity contribution >= 4 is 34.7 Å². The van der Waals surface area contributed by atoms with Gasteiger partial charge in [0.15, 0.2) is 17.4 Å². The van der Waals surface area contributed by atoms with Crippen molar-refractivity contribution in [3.8, 4) is 0 Å². The number of rotatable bonds is 2. The summed E-state index contributed by atoms with van der Waals surface area (Å²) in [4.78, 5) is 10.3. The SMILES string of the molecule is Nc1cc(F)ccc1C(=O)O.Nc1cc(F)ccc1CO.[AlH3].[CH-]1CCCO1.[Li+]. The minimum Gasteiger partial charge on any atom is -0.552 e. The van der Waals surface area contributed by atoms with E-state index >= 15 is 0 Å². The number of carboxylic acids is 1. The number of nitrogens with two attached hydrogens (primary N) is 2. The van der Waals surface area contributed by atoms with Crippen molar-refractivity contribution in [2.24, 2.45) is 0 Å². The third-order valence-corrected chi connectivity index (χ3v) is 3.22. The van der Waals surface area contributed by atoms with Gasteiger partial charge in [0.1, 0.15) is 11.6 Å². The minimum absolute atomic E-state index is 0. The van der Waals surface area contributed by atoms with E-state index in [1.165, 1.54) is 24.6 Å². The molecule has 10 heteroatoms. The molecule has 1 heterocycles. The molecule has 3 rings (SSSR count). The normalized spacial score (nSPS) is 11.5. The molecule has 0 aliphatic carbocycles. The zero-order valence-electron chi connectivity index (χ0n) is 15.0. The molecule has 2 aromatic carbocycles. The van der Waals surface area contributed by atoms with Crippen molar-refractivity contribution in [2.75, 3.05) is 18.1 Å². The quantitative estimate of drug-likeness (QED) is 0.283. The second kappa shape index (κ2) is 15.4. The van der Waals surface area contributed by atoms with E-state index in [9.17, 15) is 13.6 Å². The van der Waals surface area contributed by atoms with Crippen LogP contribution in [0, 0.1) is 18.2 Å². The van der Waals surface area contributed by atoms with Crippen molar-refractivity contribution < 1.29 is 47.4 Å². The Labute approximate surface area is 185 Å². The van der Waals surface area contributed by atoms with Crippen LogP contribution in [0.4, 0.5) is 20.2 Å². The number of aliphatic hydroxyl groups excluding tert-OH is 1. The molecule has 1 saturated heterocycles. The Morgan fingerprint density at radius 1 is 1.11 bits per heavy atom. The number of anilines is 2. The van der Waals surface area contributed by atoms with Crippen LogP contribution in [0.25, 0.3) is 0 Å². The number of hydrogen-bond acceptors (Lipinski definition) is 5. The Balaban J connectivity index is 0. The molecule has 6 nitrogen and oxygen atoms in total. The second-order valence-electron chi connectivity index (χ2n) is 5.22.